The molecule has 1 aliphatic rings. The zero-order valence-electron chi connectivity index (χ0n) is 15.7. The standard InChI is InChI=1S/C20H23ClN2O4S/c1-28(25,26)17-6-7-19(21)18(12-17)20(24)22-13-15-2-4-16(5-3-15)14-23-8-10-27-11-9-23/h2-7,12H,8-11,13-14H2,1H3,(H,22,24). The third kappa shape index (κ3) is 5.54. The molecule has 8 heteroatoms. The number of ether oxygens (including phenoxy) is 1. The van der Waals surface area contributed by atoms with Crippen molar-refractivity contribution in [2.75, 3.05) is 32.6 Å². The van der Waals surface area contributed by atoms with Crippen molar-refractivity contribution in [3.63, 3.8) is 0 Å². The first kappa shape index (κ1) is 20.8. The van der Waals surface area contributed by atoms with Crippen molar-refractivity contribution >= 4 is 27.3 Å². The topological polar surface area (TPSA) is 75.7 Å². The maximum Gasteiger partial charge on any atom is 0.253 e. The summed E-state index contributed by atoms with van der Waals surface area (Å²) in [7, 11) is -3.41. The van der Waals surface area contributed by atoms with Crippen LogP contribution in [0.25, 0.3) is 0 Å². The average molecular weight is 423 g/mol. The van der Waals surface area contributed by atoms with Crippen molar-refractivity contribution in [2.45, 2.75) is 18.0 Å². The minimum Gasteiger partial charge on any atom is -0.379 e. The van der Waals surface area contributed by atoms with Crippen molar-refractivity contribution in [1.29, 1.82) is 0 Å². The lowest BCUT2D eigenvalue weighted by atomic mass is 10.1. The molecule has 0 radical (unpaired) electrons. The second-order valence-electron chi connectivity index (χ2n) is 6.80. The summed E-state index contributed by atoms with van der Waals surface area (Å²) in [6.45, 7) is 4.62. The molecule has 0 aromatic heterocycles. The largest absolute Gasteiger partial charge is 0.379 e. The second kappa shape index (κ2) is 9.05. The van der Waals surface area contributed by atoms with Gasteiger partial charge in [-0.25, -0.2) is 8.42 Å². The van der Waals surface area contributed by atoms with Gasteiger partial charge < -0.3 is 10.1 Å². The zero-order valence-corrected chi connectivity index (χ0v) is 17.2. The molecule has 150 valence electrons. The summed E-state index contributed by atoms with van der Waals surface area (Å²) >= 11 is 6.07. The van der Waals surface area contributed by atoms with Crippen LogP contribution in [0, 0.1) is 0 Å². The van der Waals surface area contributed by atoms with Crippen molar-refractivity contribution in [2.24, 2.45) is 0 Å². The quantitative estimate of drug-likeness (QED) is 0.774. The number of carbonyl (C=O) groups is 1. The summed E-state index contributed by atoms with van der Waals surface area (Å²) in [6.07, 6.45) is 1.09. The second-order valence-corrected chi connectivity index (χ2v) is 9.22. The van der Waals surface area contributed by atoms with Crippen LogP contribution in [0.4, 0.5) is 0 Å². The number of hydrogen-bond acceptors (Lipinski definition) is 5. The van der Waals surface area contributed by atoms with Gasteiger partial charge in [-0.2, -0.15) is 0 Å². The maximum absolute atomic E-state index is 12.4. The lowest BCUT2D eigenvalue weighted by Gasteiger charge is -2.26. The molecule has 1 saturated heterocycles. The van der Waals surface area contributed by atoms with E-state index in [-0.39, 0.29) is 15.5 Å². The number of halogens is 1. The van der Waals surface area contributed by atoms with Gasteiger partial charge in [-0.05, 0) is 29.3 Å². The van der Waals surface area contributed by atoms with Gasteiger partial charge in [-0.3, -0.25) is 9.69 Å². The number of nitrogens with zero attached hydrogens (tertiary/aromatic N) is 1. The Balaban J connectivity index is 1.60. The van der Waals surface area contributed by atoms with Gasteiger partial charge >= 0.3 is 0 Å². The minimum absolute atomic E-state index is 0.0644. The summed E-state index contributed by atoms with van der Waals surface area (Å²) in [4.78, 5) is 14.8. The first-order chi connectivity index (χ1) is 13.3. The van der Waals surface area contributed by atoms with E-state index in [0.29, 0.717) is 6.54 Å². The fraction of sp³-hybridized carbons (Fsp3) is 0.350. The highest BCUT2D eigenvalue weighted by molar-refractivity contribution is 7.90. The maximum atomic E-state index is 12.4. The lowest BCUT2D eigenvalue weighted by Crippen LogP contribution is -2.35. The van der Waals surface area contributed by atoms with Gasteiger partial charge in [0, 0.05) is 32.4 Å². The number of rotatable bonds is 6. The van der Waals surface area contributed by atoms with Crippen molar-refractivity contribution < 1.29 is 17.9 Å². The molecule has 0 atom stereocenters. The molecule has 1 fully saturated rings. The Kier molecular flexibility index (Phi) is 6.72. The van der Waals surface area contributed by atoms with Gasteiger partial charge in [-0.15, -0.1) is 0 Å². The Morgan fingerprint density at radius 3 is 2.39 bits per heavy atom. The molecule has 0 unspecified atom stereocenters. The number of nitrogens with one attached hydrogen (secondary N) is 1. The molecule has 0 bridgehead atoms. The molecule has 0 aliphatic carbocycles. The first-order valence-corrected chi connectivity index (χ1v) is 11.3. The molecule has 28 heavy (non-hydrogen) atoms. The van der Waals surface area contributed by atoms with Crippen LogP contribution >= 0.6 is 11.6 Å². The van der Waals surface area contributed by atoms with Crippen molar-refractivity contribution in [3.05, 3.63) is 64.2 Å². The van der Waals surface area contributed by atoms with E-state index in [4.69, 9.17) is 16.3 Å². The Morgan fingerprint density at radius 1 is 1.11 bits per heavy atom. The summed E-state index contributed by atoms with van der Waals surface area (Å²) in [5.74, 6) is -0.409. The van der Waals surface area contributed by atoms with Crippen LogP contribution < -0.4 is 5.32 Å². The summed E-state index contributed by atoms with van der Waals surface area (Å²) in [5, 5.41) is 3.00. The first-order valence-electron chi connectivity index (χ1n) is 8.98. The predicted molar refractivity (Wildman–Crippen MR) is 108 cm³/mol. The smallest absolute Gasteiger partial charge is 0.253 e. The highest BCUT2D eigenvalue weighted by atomic mass is 35.5. The molecule has 1 aliphatic heterocycles. The molecule has 0 spiro atoms. The Morgan fingerprint density at radius 2 is 1.75 bits per heavy atom. The van der Waals surface area contributed by atoms with Gasteiger partial charge in [0.2, 0.25) is 0 Å². The van der Waals surface area contributed by atoms with Gasteiger partial charge in [0.05, 0.1) is 28.7 Å². The summed E-state index contributed by atoms with van der Waals surface area (Å²) in [6, 6.07) is 12.2. The van der Waals surface area contributed by atoms with Crippen LogP contribution in [0.2, 0.25) is 5.02 Å². The number of sulfone groups is 1. The van der Waals surface area contributed by atoms with Gasteiger partial charge in [0.25, 0.3) is 5.91 Å². The number of morpholine rings is 1. The van der Waals surface area contributed by atoms with Crippen molar-refractivity contribution in [3.8, 4) is 0 Å². The van der Waals surface area contributed by atoms with Gasteiger partial charge in [0.15, 0.2) is 9.84 Å². The highest BCUT2D eigenvalue weighted by Gasteiger charge is 2.15. The molecule has 1 amide bonds. The Bertz CT molecular complexity index is 939. The number of hydrogen-bond donors (Lipinski definition) is 1. The summed E-state index contributed by atoms with van der Waals surface area (Å²) < 4.78 is 28.7. The third-order valence-corrected chi connectivity index (χ3v) is 6.04. The average Bonchev–Trinajstić information content (AvgIpc) is 2.67. The molecule has 1 heterocycles. The van der Waals surface area contributed by atoms with Crippen LogP contribution in [-0.2, 0) is 27.7 Å². The van der Waals surface area contributed by atoms with Crippen LogP contribution in [0.5, 0.6) is 0 Å². The normalized spacial score (nSPS) is 15.4. The van der Waals surface area contributed by atoms with Gasteiger partial charge in [0.1, 0.15) is 0 Å². The predicted octanol–water partition coefficient (Wildman–Crippen LogP) is 2.51. The van der Waals surface area contributed by atoms with E-state index in [9.17, 15) is 13.2 Å². The third-order valence-electron chi connectivity index (χ3n) is 4.60. The zero-order chi connectivity index (χ0) is 20.1. The highest BCUT2D eigenvalue weighted by Crippen LogP contribution is 2.20. The van der Waals surface area contributed by atoms with Crippen molar-refractivity contribution in [1.82, 2.24) is 10.2 Å². The molecule has 0 saturated carbocycles. The van der Waals surface area contributed by atoms with E-state index >= 15 is 0 Å². The molecule has 1 N–H and O–H groups in total. The Labute approximate surface area is 170 Å². The fourth-order valence-electron chi connectivity index (χ4n) is 2.97. The molecule has 3 rings (SSSR count). The van der Waals surface area contributed by atoms with Crippen LogP contribution in [0.3, 0.4) is 0 Å². The molecular weight excluding hydrogens is 400 g/mol. The van der Waals surface area contributed by atoms with E-state index in [0.717, 1.165) is 44.7 Å². The molecular formula is C20H23ClN2O4S. The van der Waals surface area contributed by atoms with Crippen LogP contribution in [0.15, 0.2) is 47.4 Å². The van der Waals surface area contributed by atoms with E-state index in [1.165, 1.54) is 23.8 Å². The van der Waals surface area contributed by atoms with E-state index in [2.05, 4.69) is 10.2 Å². The van der Waals surface area contributed by atoms with E-state index in [1.807, 2.05) is 24.3 Å². The number of benzene rings is 2. The number of amides is 1. The molecule has 2 aromatic rings. The minimum atomic E-state index is -3.41. The number of carbonyl (C=O) groups excluding carboxylic acids is 1. The monoisotopic (exact) mass is 422 g/mol. The van der Waals surface area contributed by atoms with Gasteiger partial charge in [-0.1, -0.05) is 35.9 Å². The Hall–Kier alpha value is -1.93. The molecule has 2 aromatic carbocycles. The summed E-state index contributed by atoms with van der Waals surface area (Å²) in [5.41, 5.74) is 2.31. The van der Waals surface area contributed by atoms with E-state index in [1.54, 1.807) is 0 Å². The SMILES string of the molecule is CS(=O)(=O)c1ccc(Cl)c(C(=O)NCc2ccc(CN3CCOCC3)cc2)c1. The van der Waals surface area contributed by atoms with Crippen LogP contribution in [-0.4, -0.2) is 51.8 Å². The molecule has 6 nitrogen and oxygen atoms in total. The fourth-order valence-corrected chi connectivity index (χ4v) is 3.82. The lowest BCUT2D eigenvalue weighted by molar-refractivity contribution is 0.0342. The van der Waals surface area contributed by atoms with Crippen LogP contribution in [0.1, 0.15) is 21.5 Å². The van der Waals surface area contributed by atoms with E-state index < -0.39 is 15.7 Å².